The van der Waals surface area contributed by atoms with Gasteiger partial charge in [0.25, 0.3) is 5.56 Å². The summed E-state index contributed by atoms with van der Waals surface area (Å²) in [6, 6.07) is 9.58. The molecule has 0 spiro atoms. The molecular weight excluding hydrogens is 278 g/mol. The Kier molecular flexibility index (Phi) is 5.72. The lowest BCUT2D eigenvalue weighted by Crippen LogP contribution is -2.29. The highest BCUT2D eigenvalue weighted by Gasteiger charge is 2.12. The van der Waals surface area contributed by atoms with Crippen molar-refractivity contribution in [3.63, 3.8) is 0 Å². The maximum atomic E-state index is 12.4. The highest BCUT2D eigenvalue weighted by molar-refractivity contribution is 5.67. The number of rotatable bonds is 7. The molecule has 1 N–H and O–H groups in total. The van der Waals surface area contributed by atoms with E-state index in [0.29, 0.717) is 13.1 Å². The molecule has 5 nitrogen and oxygen atoms in total. The molecule has 1 aromatic heterocycles. The van der Waals surface area contributed by atoms with E-state index in [1.54, 1.807) is 11.8 Å². The summed E-state index contributed by atoms with van der Waals surface area (Å²) in [5.41, 5.74) is 2.36. The number of hydrogen-bond acceptors (Lipinski definition) is 4. The molecule has 0 unspecified atom stereocenters. The van der Waals surface area contributed by atoms with E-state index in [0.717, 1.165) is 35.5 Å². The number of ether oxygens (including phenoxy) is 1. The van der Waals surface area contributed by atoms with Gasteiger partial charge in [0.1, 0.15) is 5.75 Å². The summed E-state index contributed by atoms with van der Waals surface area (Å²) in [6.45, 7) is 6.03. The molecule has 0 saturated carbocycles. The molecule has 0 radical (unpaired) electrons. The number of benzene rings is 1. The normalized spacial score (nSPS) is 10.7. The van der Waals surface area contributed by atoms with Gasteiger partial charge in [-0.2, -0.15) is 5.10 Å². The summed E-state index contributed by atoms with van der Waals surface area (Å²) in [5, 5.41) is 7.72. The molecule has 0 aliphatic carbocycles. The van der Waals surface area contributed by atoms with Gasteiger partial charge in [0, 0.05) is 24.2 Å². The molecule has 0 amide bonds. The quantitative estimate of drug-likeness (QED) is 0.853. The zero-order chi connectivity index (χ0) is 15.9. The van der Waals surface area contributed by atoms with Crippen LogP contribution >= 0.6 is 0 Å². The Labute approximate surface area is 130 Å². The fourth-order valence-corrected chi connectivity index (χ4v) is 2.33. The number of aryl methyl sites for hydroxylation is 1. The fraction of sp³-hybridized carbons (Fsp3) is 0.412. The maximum Gasteiger partial charge on any atom is 0.271 e. The lowest BCUT2D eigenvalue weighted by atomic mass is 10.1. The van der Waals surface area contributed by atoms with Gasteiger partial charge in [0.05, 0.1) is 12.8 Å². The highest BCUT2D eigenvalue weighted by Crippen LogP contribution is 2.27. The van der Waals surface area contributed by atoms with Gasteiger partial charge >= 0.3 is 0 Å². The summed E-state index contributed by atoms with van der Waals surface area (Å²) in [5.74, 6) is 0.756. The Hall–Kier alpha value is -2.14. The van der Waals surface area contributed by atoms with Gasteiger partial charge in [0.2, 0.25) is 0 Å². The first kappa shape index (κ1) is 16.2. The van der Waals surface area contributed by atoms with Gasteiger partial charge in [-0.1, -0.05) is 26.0 Å². The minimum absolute atomic E-state index is 0.0264. The van der Waals surface area contributed by atoms with E-state index in [-0.39, 0.29) is 5.56 Å². The van der Waals surface area contributed by atoms with Crippen molar-refractivity contribution in [2.45, 2.75) is 33.4 Å². The van der Waals surface area contributed by atoms with E-state index >= 15 is 0 Å². The van der Waals surface area contributed by atoms with Crippen molar-refractivity contribution in [2.24, 2.45) is 0 Å². The van der Waals surface area contributed by atoms with Crippen molar-refractivity contribution in [1.82, 2.24) is 15.1 Å². The largest absolute Gasteiger partial charge is 0.496 e. The molecule has 2 rings (SSSR count). The van der Waals surface area contributed by atoms with Crippen LogP contribution in [0.3, 0.4) is 0 Å². The Bertz CT molecular complexity index is 680. The van der Waals surface area contributed by atoms with Crippen molar-refractivity contribution in [1.29, 1.82) is 0 Å². The predicted molar refractivity (Wildman–Crippen MR) is 88.2 cm³/mol. The van der Waals surface area contributed by atoms with Crippen LogP contribution < -0.4 is 15.6 Å². The van der Waals surface area contributed by atoms with Crippen LogP contribution in [0.25, 0.3) is 11.3 Å². The fourth-order valence-electron chi connectivity index (χ4n) is 2.33. The lowest BCUT2D eigenvalue weighted by Gasteiger charge is -2.12. The zero-order valence-electron chi connectivity index (χ0n) is 13.4. The van der Waals surface area contributed by atoms with E-state index in [4.69, 9.17) is 4.74 Å². The van der Waals surface area contributed by atoms with Crippen molar-refractivity contribution in [3.05, 3.63) is 46.2 Å². The number of nitrogens with zero attached hydrogens (tertiary/aromatic N) is 2. The third-order valence-electron chi connectivity index (χ3n) is 3.43. The van der Waals surface area contributed by atoms with Gasteiger partial charge in [-0.25, -0.2) is 4.68 Å². The molecule has 0 saturated heterocycles. The van der Waals surface area contributed by atoms with Crippen LogP contribution in [0.1, 0.15) is 25.8 Å². The topological polar surface area (TPSA) is 56.1 Å². The maximum absolute atomic E-state index is 12.4. The minimum Gasteiger partial charge on any atom is -0.496 e. The second kappa shape index (κ2) is 7.75. The molecule has 0 atom stereocenters. The van der Waals surface area contributed by atoms with Crippen LogP contribution in [0.5, 0.6) is 5.75 Å². The Morgan fingerprint density at radius 2 is 2.05 bits per heavy atom. The number of para-hydroxylation sites is 1. The standard InChI is InChI=1S/C17H23N3O2/c1-4-10-20-17(21)13(12-18-5-2)11-15(19-20)14-8-6-7-9-16(14)22-3/h6-9,11,18H,4-5,10,12H2,1-3H3. The predicted octanol–water partition coefficient (Wildman–Crippen LogP) is 2.44. The smallest absolute Gasteiger partial charge is 0.271 e. The molecule has 5 heteroatoms. The molecule has 22 heavy (non-hydrogen) atoms. The van der Waals surface area contributed by atoms with Crippen molar-refractivity contribution >= 4 is 0 Å². The van der Waals surface area contributed by atoms with Gasteiger partial charge in [-0.05, 0) is 31.2 Å². The highest BCUT2D eigenvalue weighted by atomic mass is 16.5. The Morgan fingerprint density at radius 3 is 2.73 bits per heavy atom. The summed E-state index contributed by atoms with van der Waals surface area (Å²) < 4.78 is 6.96. The van der Waals surface area contributed by atoms with E-state index in [9.17, 15) is 4.79 Å². The average molecular weight is 301 g/mol. The first-order valence-corrected chi connectivity index (χ1v) is 7.66. The number of aromatic nitrogens is 2. The van der Waals surface area contributed by atoms with Gasteiger partial charge in [-0.15, -0.1) is 0 Å². The lowest BCUT2D eigenvalue weighted by molar-refractivity contribution is 0.416. The van der Waals surface area contributed by atoms with E-state index in [1.807, 2.05) is 44.2 Å². The Morgan fingerprint density at radius 1 is 1.27 bits per heavy atom. The van der Waals surface area contributed by atoms with Crippen LogP contribution in [0.15, 0.2) is 35.1 Å². The van der Waals surface area contributed by atoms with Gasteiger partial charge in [-0.3, -0.25) is 4.79 Å². The molecule has 0 fully saturated rings. The van der Waals surface area contributed by atoms with Crippen LogP contribution in [0.2, 0.25) is 0 Å². The second-order valence-electron chi connectivity index (χ2n) is 5.06. The summed E-state index contributed by atoms with van der Waals surface area (Å²) in [4.78, 5) is 12.4. The summed E-state index contributed by atoms with van der Waals surface area (Å²) in [7, 11) is 1.64. The summed E-state index contributed by atoms with van der Waals surface area (Å²) >= 11 is 0. The molecule has 0 aliphatic heterocycles. The van der Waals surface area contributed by atoms with Crippen LogP contribution in [-0.4, -0.2) is 23.4 Å². The monoisotopic (exact) mass is 301 g/mol. The van der Waals surface area contributed by atoms with Crippen LogP contribution in [-0.2, 0) is 13.1 Å². The molecule has 0 bridgehead atoms. The van der Waals surface area contributed by atoms with E-state index in [1.165, 1.54) is 0 Å². The molecule has 2 aromatic rings. The molecule has 118 valence electrons. The summed E-state index contributed by atoms with van der Waals surface area (Å²) in [6.07, 6.45) is 0.864. The third-order valence-corrected chi connectivity index (χ3v) is 3.43. The molecule has 1 aromatic carbocycles. The first-order valence-electron chi connectivity index (χ1n) is 7.66. The number of methoxy groups -OCH3 is 1. The number of hydrogen-bond donors (Lipinski definition) is 1. The SMILES string of the molecule is CCCn1nc(-c2ccccc2OC)cc(CNCC)c1=O. The zero-order valence-corrected chi connectivity index (χ0v) is 13.4. The van der Waals surface area contributed by atoms with E-state index < -0.39 is 0 Å². The van der Waals surface area contributed by atoms with Crippen molar-refractivity contribution in [3.8, 4) is 17.0 Å². The third kappa shape index (κ3) is 3.54. The minimum atomic E-state index is -0.0264. The second-order valence-corrected chi connectivity index (χ2v) is 5.06. The first-order chi connectivity index (χ1) is 10.7. The molecule has 1 heterocycles. The van der Waals surface area contributed by atoms with Crippen LogP contribution in [0, 0.1) is 0 Å². The molecular formula is C17H23N3O2. The Balaban J connectivity index is 2.55. The van der Waals surface area contributed by atoms with Gasteiger partial charge < -0.3 is 10.1 Å². The molecule has 0 aliphatic rings. The van der Waals surface area contributed by atoms with Gasteiger partial charge in [0.15, 0.2) is 0 Å². The average Bonchev–Trinajstić information content (AvgIpc) is 2.55. The number of nitrogens with one attached hydrogen (secondary N) is 1. The van der Waals surface area contributed by atoms with Crippen LogP contribution in [0.4, 0.5) is 0 Å². The van der Waals surface area contributed by atoms with E-state index in [2.05, 4.69) is 10.4 Å². The van der Waals surface area contributed by atoms with Crippen molar-refractivity contribution < 1.29 is 4.74 Å². The van der Waals surface area contributed by atoms with Crippen molar-refractivity contribution in [2.75, 3.05) is 13.7 Å².